The predicted molar refractivity (Wildman–Crippen MR) is 329 cm³/mol. The first-order chi connectivity index (χ1) is 42.6. The number of alkyl halides is 3. The van der Waals surface area contributed by atoms with Crippen molar-refractivity contribution in [3.05, 3.63) is 126 Å². The van der Waals surface area contributed by atoms with Crippen LogP contribution in [0.2, 0.25) is 0 Å². The number of ketones is 1. The van der Waals surface area contributed by atoms with Crippen LogP contribution in [0.5, 0.6) is 23.0 Å². The van der Waals surface area contributed by atoms with Gasteiger partial charge >= 0.3 is 18.2 Å². The molecule has 470 valence electrons. The lowest BCUT2D eigenvalue weighted by Gasteiger charge is -2.31. The minimum Gasteiger partial charge on any atom is -0.493 e. The number of ether oxygens (including phenoxy) is 7. The molecule has 5 aromatic rings. The van der Waals surface area contributed by atoms with Gasteiger partial charge in [-0.3, -0.25) is 38.8 Å². The van der Waals surface area contributed by atoms with Gasteiger partial charge in [0, 0.05) is 50.1 Å². The minimum absolute atomic E-state index is 0.00505. The van der Waals surface area contributed by atoms with E-state index < -0.39 is 76.5 Å². The molecule has 10 rings (SSSR count). The molecule has 25 heteroatoms. The number of carbonyl (C=O) groups is 7. The molecule has 5 heterocycles. The minimum atomic E-state index is -1.92. The molecule has 4 aliphatic heterocycles. The molecular weight excluding hydrogens is 1210 g/mol. The van der Waals surface area contributed by atoms with E-state index in [1.54, 1.807) is 59.6 Å². The molecule has 1 aliphatic carbocycles. The Morgan fingerprint density at radius 1 is 0.809 bits per heavy atom. The Bertz CT molecular complexity index is 3610. The van der Waals surface area contributed by atoms with Crippen LogP contribution in [0.15, 0.2) is 98.0 Å². The van der Waals surface area contributed by atoms with Crippen molar-refractivity contribution in [1.29, 1.82) is 0 Å². The maximum atomic E-state index is 14.6. The normalized spacial score (nSPS) is 18.8. The zero-order valence-corrected chi connectivity index (χ0v) is 52.0. The van der Waals surface area contributed by atoms with E-state index in [9.17, 15) is 38.7 Å². The number of nitrogens with zero attached hydrogens (tertiary/aromatic N) is 6. The summed E-state index contributed by atoms with van der Waals surface area (Å²) in [5.41, 5.74) is 4.53. The second-order valence-electron chi connectivity index (χ2n) is 23.1. The number of carbonyl (C=O) groups excluding carboxylic acids is 7. The van der Waals surface area contributed by atoms with Gasteiger partial charge in [0.25, 0.3) is 11.8 Å². The third kappa shape index (κ3) is 14.3. The number of methoxy groups -OCH3 is 2. The van der Waals surface area contributed by atoms with Crippen LogP contribution >= 0.6 is 34.8 Å². The average Bonchev–Trinajstić information content (AvgIpc) is 1.58. The molecule has 0 radical (unpaired) electrons. The van der Waals surface area contributed by atoms with Crippen LogP contribution in [0, 0.1) is 17.3 Å². The summed E-state index contributed by atoms with van der Waals surface area (Å²) in [7, 11) is 2.84. The molecule has 1 spiro atoms. The van der Waals surface area contributed by atoms with E-state index in [0.717, 1.165) is 28.9 Å². The Balaban J connectivity index is 0.818. The Labute approximate surface area is 528 Å². The number of aliphatic hydroxyl groups excluding tert-OH is 1. The van der Waals surface area contributed by atoms with Gasteiger partial charge in [0.1, 0.15) is 19.8 Å². The third-order valence-corrected chi connectivity index (χ3v) is 17.0. The Kier molecular flexibility index (Phi) is 19.3. The highest BCUT2D eigenvalue weighted by Crippen LogP contribution is 2.57. The Morgan fingerprint density at radius 2 is 1.46 bits per heavy atom. The van der Waals surface area contributed by atoms with Crippen molar-refractivity contribution in [1.82, 2.24) is 25.1 Å². The molecule has 1 saturated carbocycles. The highest BCUT2D eigenvalue weighted by atomic mass is 35.6. The van der Waals surface area contributed by atoms with Crippen LogP contribution in [0.4, 0.5) is 21.0 Å². The van der Waals surface area contributed by atoms with E-state index in [1.807, 2.05) is 32.0 Å². The molecule has 1 unspecified atom stereocenters. The number of anilines is 2. The van der Waals surface area contributed by atoms with Crippen LogP contribution in [0.1, 0.15) is 96.7 Å². The van der Waals surface area contributed by atoms with Crippen molar-refractivity contribution in [2.45, 2.75) is 100 Å². The van der Waals surface area contributed by atoms with Gasteiger partial charge in [0.2, 0.25) is 9.70 Å². The number of nitrogens with one attached hydrogen (secondary N) is 1. The van der Waals surface area contributed by atoms with Crippen LogP contribution in [0.3, 0.4) is 0 Å². The Hall–Kier alpha value is -8.18. The monoisotopic (exact) mass is 1280 g/mol. The number of halogens is 3. The van der Waals surface area contributed by atoms with Crippen molar-refractivity contribution in [2.24, 2.45) is 17.3 Å². The second-order valence-corrected chi connectivity index (χ2v) is 25.6. The van der Waals surface area contributed by atoms with Gasteiger partial charge in [-0.2, -0.15) is 0 Å². The molecule has 1 aromatic heterocycles. The van der Waals surface area contributed by atoms with E-state index in [0.29, 0.717) is 41.5 Å². The van der Waals surface area contributed by atoms with Gasteiger partial charge in [-0.1, -0.05) is 91.6 Å². The lowest BCUT2D eigenvalue weighted by Crippen LogP contribution is -2.50. The van der Waals surface area contributed by atoms with Crippen molar-refractivity contribution < 1.29 is 71.8 Å². The number of hydrogen-bond donors (Lipinski definition) is 2. The van der Waals surface area contributed by atoms with Gasteiger partial charge in [0.15, 0.2) is 35.0 Å². The molecule has 22 nitrogen and oxygen atoms in total. The lowest BCUT2D eigenvalue weighted by molar-refractivity contribution is -0.146. The number of fused-ring (bicyclic) bond motifs is 5. The molecule has 5 atom stereocenters. The highest BCUT2D eigenvalue weighted by Gasteiger charge is 2.58. The first-order valence-corrected chi connectivity index (χ1v) is 30.3. The zero-order chi connectivity index (χ0) is 63.5. The van der Waals surface area contributed by atoms with E-state index in [1.165, 1.54) is 49.5 Å². The van der Waals surface area contributed by atoms with E-state index in [4.69, 9.17) is 68.0 Å². The van der Waals surface area contributed by atoms with Crippen LogP contribution in [-0.2, 0) is 41.6 Å². The number of amides is 5. The topological polar surface area (TPSA) is 255 Å². The van der Waals surface area contributed by atoms with Gasteiger partial charge in [-0.05, 0) is 90.5 Å². The molecule has 2 N–H and O–H groups in total. The number of esters is 1. The number of Topliss-reactive ketones (excluding diaryl/α,β-unsaturated/α-hetero) is 1. The zero-order valence-electron chi connectivity index (χ0n) is 49.7. The van der Waals surface area contributed by atoms with E-state index in [-0.39, 0.29) is 115 Å². The summed E-state index contributed by atoms with van der Waals surface area (Å²) in [5.74, 6) is -2.24. The summed E-state index contributed by atoms with van der Waals surface area (Å²) < 4.78 is 38.6. The summed E-state index contributed by atoms with van der Waals surface area (Å²) in [4.78, 5) is 111. The summed E-state index contributed by atoms with van der Waals surface area (Å²) >= 11 is 18.0. The summed E-state index contributed by atoms with van der Waals surface area (Å²) in [6.45, 7) is 8.39. The lowest BCUT2D eigenvalue weighted by atomic mass is 9.91. The van der Waals surface area contributed by atoms with Crippen LogP contribution in [0.25, 0.3) is 16.6 Å². The fraction of sp³-hybridized carbons (Fsp3) is 0.422. The molecule has 4 aromatic carbocycles. The second kappa shape index (κ2) is 26.9. The number of hydrogen-bond acceptors (Lipinski definition) is 17. The smallest absolute Gasteiger partial charge is 0.416 e. The first-order valence-electron chi connectivity index (χ1n) is 29.2. The van der Waals surface area contributed by atoms with Gasteiger partial charge in [0.05, 0.1) is 98.0 Å². The van der Waals surface area contributed by atoms with Crippen molar-refractivity contribution in [3.8, 4) is 23.0 Å². The summed E-state index contributed by atoms with van der Waals surface area (Å²) in [6, 6.07) is 16.3. The van der Waals surface area contributed by atoms with Crippen LogP contribution in [-0.4, -0.2) is 148 Å². The molecule has 5 aliphatic rings. The summed E-state index contributed by atoms with van der Waals surface area (Å²) in [5, 5.41) is 14.9. The molecule has 1 saturated heterocycles. The van der Waals surface area contributed by atoms with Gasteiger partial charge in [-0.25, -0.2) is 14.5 Å². The van der Waals surface area contributed by atoms with Gasteiger partial charge in [-0.15, -0.1) is 0 Å². The summed E-state index contributed by atoms with van der Waals surface area (Å²) in [6.07, 6.45) is 5.81. The Morgan fingerprint density at radius 3 is 2.10 bits per heavy atom. The van der Waals surface area contributed by atoms with E-state index in [2.05, 4.69) is 21.9 Å². The molecule has 0 bridgehead atoms. The fourth-order valence-corrected chi connectivity index (χ4v) is 11.8. The standard InChI is InChI=1S/C64H68Cl3N7O15/c1-7-19-87-56(76)27-43(36(2)3)57(77)70-37(4)51(75)22-38-9-11-39(12-10-38)33-88-62(82)74-49-29-55(53(84-6)26-45(49)59(79)73-34-63(15-16-63)30-50(73)60(74)80)86-21-8-20-85-54-28-48-44(25-52(54)83-5)58(78)71-31-41(40-13-14-46-47(24-40)69-18-17-68-46)23-42(71)32-72(48)61(81)89-35-64(65,66)67/h7,9-14,17-18,24-26,28-29,31,36-37,42-43,50,60,80H,1,8,15-16,19-23,27,30,32-35H2,2-6H3,(H,70,77)/t37-,42-,43-,50-,60?/m0/s1. The fourth-order valence-electron chi connectivity index (χ4n) is 11.6. The average molecular weight is 1280 g/mol. The van der Waals surface area contributed by atoms with E-state index >= 15 is 0 Å². The van der Waals surface area contributed by atoms with Crippen molar-refractivity contribution >= 4 is 104 Å². The first kappa shape index (κ1) is 63.8. The highest BCUT2D eigenvalue weighted by molar-refractivity contribution is 6.67. The number of rotatable bonds is 22. The molecule has 5 amide bonds. The quantitative estimate of drug-likeness (QED) is 0.0215. The number of aliphatic hydroxyl groups is 1. The van der Waals surface area contributed by atoms with Crippen molar-refractivity contribution in [2.75, 3.05) is 63.5 Å². The van der Waals surface area contributed by atoms with Gasteiger partial charge < -0.3 is 53.4 Å². The van der Waals surface area contributed by atoms with Crippen molar-refractivity contribution in [3.63, 3.8) is 0 Å². The third-order valence-electron chi connectivity index (χ3n) is 16.6. The number of aromatic nitrogens is 2. The number of benzene rings is 4. The van der Waals surface area contributed by atoms with Crippen LogP contribution < -0.4 is 34.1 Å². The predicted octanol–water partition coefficient (Wildman–Crippen LogP) is 9.55. The molecule has 89 heavy (non-hydrogen) atoms. The molecular formula is C64H68Cl3N7O15. The maximum absolute atomic E-state index is 14.6. The molecule has 2 fully saturated rings. The largest absolute Gasteiger partial charge is 0.493 e. The SMILES string of the molecule is C=CCOC(=O)C[C@H](C(=O)N[C@@H](C)C(=O)Cc1ccc(COC(=O)N2c3cc(OCCCOc4cc5c(cc4OC)C(=O)N4C=C(c6ccc7nccnc7c6)C[C@H]4CN5C(=O)OCC(Cl)(Cl)Cl)c(OC)cc3C(=O)N3CC4(CC4)C[C@H]3C2O)cc1)C(C)C. The maximum Gasteiger partial charge on any atom is 0.416 e.